The number of nitrogens with one attached hydrogen (secondary N) is 1. The molecule has 5 rings (SSSR count). The molecule has 184 valence electrons. The average Bonchev–Trinajstić information content (AvgIpc) is 3.32. The molecule has 3 heterocycles. The van der Waals surface area contributed by atoms with Gasteiger partial charge in [-0.2, -0.15) is 5.10 Å². The van der Waals surface area contributed by atoms with Crippen LogP contribution in [0.15, 0.2) is 55.2 Å². The van der Waals surface area contributed by atoms with Gasteiger partial charge in [0.25, 0.3) is 0 Å². The van der Waals surface area contributed by atoms with Gasteiger partial charge in [-0.15, -0.1) is 0 Å². The molecule has 5 aromatic rings. The number of nitrogen functional groups attached to an aromatic ring is 1. The summed E-state index contributed by atoms with van der Waals surface area (Å²) in [7, 11) is 3.92. The van der Waals surface area contributed by atoms with Gasteiger partial charge in [0.2, 0.25) is 0 Å². The van der Waals surface area contributed by atoms with E-state index >= 15 is 4.39 Å². The summed E-state index contributed by atoms with van der Waals surface area (Å²) in [4.78, 5) is 14.7. The molecule has 0 amide bonds. The van der Waals surface area contributed by atoms with E-state index in [9.17, 15) is 0 Å². The van der Waals surface area contributed by atoms with E-state index in [-0.39, 0.29) is 16.5 Å². The molecule has 10 nitrogen and oxygen atoms in total. The van der Waals surface area contributed by atoms with Gasteiger partial charge in [0.05, 0.1) is 16.9 Å². The van der Waals surface area contributed by atoms with E-state index < -0.39 is 5.82 Å². The first-order valence-electron chi connectivity index (χ1n) is 10.9. The molecule has 2 aromatic carbocycles. The summed E-state index contributed by atoms with van der Waals surface area (Å²) in [5.74, 6) is 0.792. The molecule has 3 aromatic heterocycles. The maximum absolute atomic E-state index is 15.2. The smallest absolute Gasteiger partial charge is 0.169 e. The molecule has 0 saturated carbocycles. The highest BCUT2D eigenvalue weighted by atomic mass is 35.5. The summed E-state index contributed by atoms with van der Waals surface area (Å²) in [5, 5.41) is 7.43. The highest BCUT2D eigenvalue weighted by Gasteiger charge is 2.16. The lowest BCUT2D eigenvalue weighted by molar-refractivity contribution is 0.262. The third-order valence-electron chi connectivity index (χ3n) is 5.34. The number of hydrogen-bond donors (Lipinski definition) is 2. The lowest BCUT2D eigenvalue weighted by Gasteiger charge is -2.15. The Labute approximate surface area is 210 Å². The minimum Gasteiger partial charge on any atom is -0.490 e. The van der Waals surface area contributed by atoms with Gasteiger partial charge in [-0.1, -0.05) is 11.6 Å². The van der Waals surface area contributed by atoms with E-state index in [1.165, 1.54) is 18.7 Å². The molecule has 0 radical (unpaired) electrons. The zero-order valence-corrected chi connectivity index (χ0v) is 20.2. The van der Waals surface area contributed by atoms with Crippen molar-refractivity contribution in [1.29, 1.82) is 0 Å². The highest BCUT2D eigenvalue weighted by Crippen LogP contribution is 2.37. The molecule has 0 atom stereocenters. The Morgan fingerprint density at radius 1 is 1.08 bits per heavy atom. The van der Waals surface area contributed by atoms with Crippen LogP contribution >= 0.6 is 11.6 Å². The minimum absolute atomic E-state index is 0.116. The number of likely N-dealkylation sites (N-methyl/N-ethyl adjacent to an activating group) is 1. The third kappa shape index (κ3) is 4.79. The largest absolute Gasteiger partial charge is 0.490 e. The Morgan fingerprint density at radius 2 is 1.94 bits per heavy atom. The second-order valence-electron chi connectivity index (χ2n) is 8.17. The first-order valence-corrected chi connectivity index (χ1v) is 11.3. The molecule has 0 aliphatic heterocycles. The Hall–Kier alpha value is -4.22. The summed E-state index contributed by atoms with van der Waals surface area (Å²) in [6.07, 6.45) is 4.49. The second kappa shape index (κ2) is 9.80. The first-order chi connectivity index (χ1) is 17.4. The van der Waals surface area contributed by atoms with E-state index in [0.29, 0.717) is 46.2 Å². The number of halogens is 2. The van der Waals surface area contributed by atoms with Crippen molar-refractivity contribution in [2.75, 3.05) is 38.3 Å². The zero-order valence-electron chi connectivity index (χ0n) is 19.4. The van der Waals surface area contributed by atoms with E-state index in [2.05, 4.69) is 25.4 Å². The van der Waals surface area contributed by atoms with Gasteiger partial charge in [0.15, 0.2) is 11.5 Å². The maximum atomic E-state index is 15.2. The summed E-state index contributed by atoms with van der Waals surface area (Å²) in [5.41, 5.74) is 7.92. The number of nitrogens with zero attached hydrogens (tertiary/aromatic N) is 6. The number of benzene rings is 2. The molecular formula is C24H22ClFN8O2. The monoisotopic (exact) mass is 508 g/mol. The fraction of sp³-hybridized carbons (Fsp3) is 0.167. The van der Waals surface area contributed by atoms with Crippen LogP contribution in [0.5, 0.6) is 17.2 Å². The number of pyridine rings is 1. The van der Waals surface area contributed by atoms with Crippen molar-refractivity contribution in [3.05, 3.63) is 66.1 Å². The molecule has 0 saturated heterocycles. The number of fused-ring (bicyclic) bond motifs is 2. The van der Waals surface area contributed by atoms with Gasteiger partial charge >= 0.3 is 0 Å². The third-order valence-corrected chi connectivity index (χ3v) is 5.70. The molecule has 0 unspecified atom stereocenters. The van der Waals surface area contributed by atoms with Crippen LogP contribution in [-0.4, -0.2) is 56.7 Å². The van der Waals surface area contributed by atoms with Crippen molar-refractivity contribution >= 4 is 45.3 Å². The van der Waals surface area contributed by atoms with E-state index in [4.69, 9.17) is 26.8 Å². The van der Waals surface area contributed by atoms with Gasteiger partial charge in [0, 0.05) is 30.3 Å². The Bertz CT molecular complexity index is 1560. The van der Waals surface area contributed by atoms with Crippen LogP contribution in [-0.2, 0) is 0 Å². The van der Waals surface area contributed by atoms with Crippen molar-refractivity contribution in [2.24, 2.45) is 0 Å². The summed E-state index contributed by atoms with van der Waals surface area (Å²) >= 11 is 6.30. The minimum atomic E-state index is -0.693. The molecule has 3 N–H and O–H groups in total. The maximum Gasteiger partial charge on any atom is 0.169 e. The van der Waals surface area contributed by atoms with E-state index in [0.717, 1.165) is 6.54 Å². The van der Waals surface area contributed by atoms with Crippen LogP contribution in [0.1, 0.15) is 0 Å². The van der Waals surface area contributed by atoms with Crippen LogP contribution in [0.2, 0.25) is 5.02 Å². The number of hydrogen-bond acceptors (Lipinski definition) is 9. The molecular weight excluding hydrogens is 487 g/mol. The van der Waals surface area contributed by atoms with Crippen molar-refractivity contribution in [1.82, 2.24) is 29.5 Å². The van der Waals surface area contributed by atoms with Gasteiger partial charge in [-0.25, -0.2) is 23.9 Å². The van der Waals surface area contributed by atoms with Crippen molar-refractivity contribution in [2.45, 2.75) is 0 Å². The molecule has 0 aliphatic rings. The van der Waals surface area contributed by atoms with Crippen LogP contribution in [0, 0.1) is 5.82 Å². The van der Waals surface area contributed by atoms with Crippen LogP contribution in [0.3, 0.4) is 0 Å². The molecule has 0 spiro atoms. The molecule has 0 bridgehead atoms. The SMILES string of the molecule is CN(C)CCOc1cc2ncnc(Nc3ccc(Oc4ccn5ncnc5c4)c(Cl)c3F)c2cc1N. The fourth-order valence-electron chi connectivity index (χ4n) is 3.49. The van der Waals surface area contributed by atoms with Gasteiger partial charge in [-0.3, -0.25) is 0 Å². The predicted octanol–water partition coefficient (Wildman–Crippen LogP) is 4.52. The molecule has 0 aliphatic carbocycles. The quantitative estimate of drug-likeness (QED) is 0.292. The molecule has 0 fully saturated rings. The zero-order chi connectivity index (χ0) is 25.2. The Balaban J connectivity index is 1.39. The van der Waals surface area contributed by atoms with E-state index in [1.54, 1.807) is 41.0 Å². The fourth-order valence-corrected chi connectivity index (χ4v) is 3.69. The topological polar surface area (TPSA) is 116 Å². The second-order valence-corrected chi connectivity index (χ2v) is 8.55. The van der Waals surface area contributed by atoms with Crippen molar-refractivity contribution in [3.8, 4) is 17.2 Å². The number of nitrogens with two attached hydrogens (primary N) is 1. The number of anilines is 3. The lowest BCUT2D eigenvalue weighted by atomic mass is 10.2. The number of rotatable bonds is 8. The van der Waals surface area contributed by atoms with Gasteiger partial charge < -0.3 is 25.4 Å². The summed E-state index contributed by atoms with van der Waals surface area (Å²) in [6, 6.07) is 9.86. The van der Waals surface area contributed by atoms with Crippen LogP contribution in [0.4, 0.5) is 21.6 Å². The Kier molecular flexibility index (Phi) is 6.40. The number of aromatic nitrogens is 5. The van der Waals surface area contributed by atoms with Gasteiger partial charge in [0.1, 0.15) is 47.4 Å². The van der Waals surface area contributed by atoms with Gasteiger partial charge in [-0.05, 0) is 38.4 Å². The lowest BCUT2D eigenvalue weighted by Crippen LogP contribution is -2.19. The van der Waals surface area contributed by atoms with Crippen molar-refractivity contribution in [3.63, 3.8) is 0 Å². The normalized spacial score (nSPS) is 11.4. The molecule has 36 heavy (non-hydrogen) atoms. The van der Waals surface area contributed by atoms with E-state index in [1.807, 2.05) is 19.0 Å². The summed E-state index contributed by atoms with van der Waals surface area (Å²) < 4.78 is 28.4. The standard InChI is InChI=1S/C24H22ClFN8O2/c1-33(2)7-8-35-20-11-18-15(10-16(20)27)24(30-12-28-18)32-17-3-4-19(22(25)23(17)26)36-14-5-6-34-21(9-14)29-13-31-34/h3-6,9-13H,7-8,27H2,1-2H3,(H,28,30,32). The Morgan fingerprint density at radius 3 is 2.78 bits per heavy atom. The average molecular weight is 509 g/mol. The first kappa shape index (κ1) is 23.5. The molecule has 12 heteroatoms. The van der Waals surface area contributed by atoms with Crippen molar-refractivity contribution < 1.29 is 13.9 Å². The van der Waals surface area contributed by atoms with Crippen LogP contribution < -0.4 is 20.5 Å². The highest BCUT2D eigenvalue weighted by molar-refractivity contribution is 6.32. The van der Waals surface area contributed by atoms with Crippen LogP contribution in [0.25, 0.3) is 16.6 Å². The summed E-state index contributed by atoms with van der Waals surface area (Å²) in [6.45, 7) is 1.22. The number of ether oxygens (including phenoxy) is 2. The predicted molar refractivity (Wildman–Crippen MR) is 136 cm³/mol.